The van der Waals surface area contributed by atoms with Crippen LogP contribution in [0.4, 0.5) is 0 Å². The molecule has 15 heavy (non-hydrogen) atoms. The van der Waals surface area contributed by atoms with Crippen molar-refractivity contribution in [3.63, 3.8) is 0 Å². The minimum atomic E-state index is -4.94. The molecule has 0 aromatic carbocycles. The third-order valence-corrected chi connectivity index (χ3v) is 1.46. The Hall–Kier alpha value is -0.720. The van der Waals surface area contributed by atoms with Gasteiger partial charge in [-0.25, -0.2) is 23.1 Å². The monoisotopic (exact) mass is 236 g/mol. The van der Waals surface area contributed by atoms with Crippen LogP contribution in [0.1, 0.15) is 24.0 Å². The van der Waals surface area contributed by atoms with Crippen molar-refractivity contribution in [3.05, 3.63) is 29.2 Å². The van der Waals surface area contributed by atoms with E-state index in [9.17, 15) is 0 Å². The first-order valence-electron chi connectivity index (χ1n) is 4.24. The van der Waals surface area contributed by atoms with Gasteiger partial charge in [-0.05, 0) is 12.5 Å². The van der Waals surface area contributed by atoms with E-state index in [-0.39, 0.29) is 0 Å². The molecule has 0 radical (unpaired) electrons. The van der Waals surface area contributed by atoms with E-state index in [1.165, 1.54) is 5.56 Å². The lowest BCUT2D eigenvalue weighted by atomic mass is 10.2. The standard InChI is InChI=1S/C9H13O.ClHO4/c1-4-9-6-7(2)5-8(3)10-9;2-1(3,4)5/h5-6H,4H2,1-3H3;(H,2,3,4,5)/q+1;/p-1. The van der Waals surface area contributed by atoms with E-state index in [2.05, 4.69) is 19.9 Å². The minimum absolute atomic E-state index is 0.975. The summed E-state index contributed by atoms with van der Waals surface area (Å²) in [6, 6.07) is 4.12. The van der Waals surface area contributed by atoms with Crippen molar-refractivity contribution in [2.45, 2.75) is 27.2 Å². The van der Waals surface area contributed by atoms with Crippen LogP contribution in [0.25, 0.3) is 0 Å². The molecular formula is C9H13ClO5. The van der Waals surface area contributed by atoms with Crippen LogP contribution < -0.4 is 18.6 Å². The van der Waals surface area contributed by atoms with Crippen LogP contribution in [0.3, 0.4) is 0 Å². The van der Waals surface area contributed by atoms with Crippen LogP contribution in [0, 0.1) is 24.1 Å². The Bertz CT molecular complexity index is 282. The van der Waals surface area contributed by atoms with Crippen molar-refractivity contribution in [2.75, 3.05) is 0 Å². The highest BCUT2D eigenvalue weighted by molar-refractivity contribution is 5.15. The van der Waals surface area contributed by atoms with Crippen molar-refractivity contribution in [1.82, 2.24) is 0 Å². The predicted molar refractivity (Wildman–Crippen MR) is 42.0 cm³/mol. The highest BCUT2D eigenvalue weighted by atomic mass is 35.7. The molecule has 0 fully saturated rings. The highest BCUT2D eigenvalue weighted by Gasteiger charge is 2.06. The lowest BCUT2D eigenvalue weighted by Crippen LogP contribution is -2.68. The molecule has 0 aliphatic heterocycles. The Kier molecular flexibility index (Phi) is 5.71. The fourth-order valence-corrected chi connectivity index (χ4v) is 1.06. The maximum absolute atomic E-state index is 8.49. The van der Waals surface area contributed by atoms with Gasteiger partial charge in [0.05, 0.1) is 13.3 Å². The van der Waals surface area contributed by atoms with Crippen LogP contribution in [-0.4, -0.2) is 0 Å². The first kappa shape index (κ1) is 14.3. The minimum Gasteiger partial charge on any atom is -0.222 e. The second-order valence-corrected chi connectivity index (χ2v) is 3.70. The molecule has 5 nitrogen and oxygen atoms in total. The molecule has 0 saturated heterocycles. The topological polar surface area (TPSA) is 104 Å². The SMILES string of the molecule is CCc1cc(C)cc(C)[o+]1.[O-][Cl+3]([O-])([O-])[O-]. The maximum atomic E-state index is 8.49. The first-order valence-corrected chi connectivity index (χ1v) is 5.48. The summed E-state index contributed by atoms with van der Waals surface area (Å²) >= 11 is 0. The molecule has 0 atom stereocenters. The first-order chi connectivity index (χ1) is 6.72. The van der Waals surface area contributed by atoms with Gasteiger partial charge in [-0.3, -0.25) is 0 Å². The molecule has 0 aliphatic rings. The van der Waals surface area contributed by atoms with Gasteiger partial charge in [0.15, 0.2) is 0 Å². The summed E-state index contributed by atoms with van der Waals surface area (Å²) < 4.78 is 39.4. The van der Waals surface area contributed by atoms with E-state index in [4.69, 9.17) is 23.1 Å². The molecule has 6 heteroatoms. The van der Waals surface area contributed by atoms with E-state index < -0.39 is 10.2 Å². The quantitative estimate of drug-likeness (QED) is 0.524. The van der Waals surface area contributed by atoms with Gasteiger partial charge in [0.2, 0.25) is 0 Å². The van der Waals surface area contributed by atoms with Crippen LogP contribution in [-0.2, 0) is 6.42 Å². The van der Waals surface area contributed by atoms with Gasteiger partial charge in [-0.1, -0.05) is 6.92 Å². The van der Waals surface area contributed by atoms with Crippen molar-refractivity contribution >= 4 is 0 Å². The Morgan fingerprint density at radius 2 is 1.60 bits per heavy atom. The second kappa shape index (κ2) is 5.99. The third kappa shape index (κ3) is 9.58. The summed E-state index contributed by atoms with van der Waals surface area (Å²) in [5, 5.41) is 0. The Labute approximate surface area is 90.3 Å². The van der Waals surface area contributed by atoms with Gasteiger partial charge in [0, 0.05) is 12.1 Å². The van der Waals surface area contributed by atoms with Crippen molar-refractivity contribution in [2.24, 2.45) is 0 Å². The van der Waals surface area contributed by atoms with Crippen molar-refractivity contribution < 1.29 is 33.3 Å². The second-order valence-electron chi connectivity index (χ2n) is 2.94. The fourth-order valence-electron chi connectivity index (χ4n) is 1.06. The molecule has 86 valence electrons. The lowest BCUT2D eigenvalue weighted by Gasteiger charge is -2.17. The van der Waals surface area contributed by atoms with Gasteiger partial charge in [0.25, 0.3) is 0 Å². The summed E-state index contributed by atoms with van der Waals surface area (Å²) in [5.41, 5.74) is 1.28. The van der Waals surface area contributed by atoms with E-state index in [0.717, 1.165) is 17.9 Å². The molecule has 0 spiro atoms. The molecular weight excluding hydrogens is 224 g/mol. The maximum Gasteiger partial charge on any atom is 0.329 e. The molecule has 1 rings (SSSR count). The van der Waals surface area contributed by atoms with Crippen LogP contribution in [0.15, 0.2) is 16.5 Å². The Balaban J connectivity index is 0.000000336. The van der Waals surface area contributed by atoms with E-state index in [1.807, 2.05) is 13.0 Å². The smallest absolute Gasteiger partial charge is 0.222 e. The zero-order valence-corrected chi connectivity index (χ0v) is 9.54. The summed E-state index contributed by atoms with van der Waals surface area (Å²) in [7, 11) is -4.94. The van der Waals surface area contributed by atoms with Gasteiger partial charge in [0.1, 0.15) is 0 Å². The molecule has 1 aromatic heterocycles. The summed E-state index contributed by atoms with van der Waals surface area (Å²) in [4.78, 5) is 0. The van der Waals surface area contributed by atoms with Crippen molar-refractivity contribution in [1.29, 1.82) is 0 Å². The van der Waals surface area contributed by atoms with E-state index >= 15 is 0 Å². The molecule has 1 aromatic rings. The molecule has 0 amide bonds. The van der Waals surface area contributed by atoms with E-state index in [0.29, 0.717) is 0 Å². The average molecular weight is 237 g/mol. The Morgan fingerprint density at radius 3 is 1.93 bits per heavy atom. The van der Waals surface area contributed by atoms with Crippen molar-refractivity contribution in [3.8, 4) is 0 Å². The highest BCUT2D eigenvalue weighted by Crippen LogP contribution is 2.08. The van der Waals surface area contributed by atoms with Crippen LogP contribution in [0.2, 0.25) is 0 Å². The van der Waals surface area contributed by atoms with Gasteiger partial charge in [-0.2, -0.15) is 0 Å². The number of rotatable bonds is 1. The summed E-state index contributed by atoms with van der Waals surface area (Å²) in [5.74, 6) is 2.06. The molecule has 0 bridgehead atoms. The lowest BCUT2D eigenvalue weighted by molar-refractivity contribution is -2.00. The average Bonchev–Trinajstić information content (AvgIpc) is 1.99. The molecule has 0 saturated carbocycles. The normalized spacial score (nSPS) is 10.6. The largest absolute Gasteiger partial charge is 0.329 e. The van der Waals surface area contributed by atoms with Crippen LogP contribution >= 0.6 is 0 Å². The van der Waals surface area contributed by atoms with E-state index in [1.54, 1.807) is 0 Å². The van der Waals surface area contributed by atoms with Crippen LogP contribution in [0.5, 0.6) is 0 Å². The predicted octanol–water partition coefficient (Wildman–Crippen LogP) is -2.02. The number of aryl methyl sites for hydroxylation is 3. The summed E-state index contributed by atoms with van der Waals surface area (Å²) in [6.07, 6.45) is 0.975. The summed E-state index contributed by atoms with van der Waals surface area (Å²) in [6.45, 7) is 6.16. The molecule has 0 N–H and O–H groups in total. The number of hydrogen-bond donors (Lipinski definition) is 0. The van der Waals surface area contributed by atoms with Gasteiger partial charge >= 0.3 is 11.5 Å². The molecule has 1 heterocycles. The number of hydrogen-bond acceptors (Lipinski definition) is 4. The fraction of sp³-hybridized carbons (Fsp3) is 0.444. The number of halogens is 1. The van der Waals surface area contributed by atoms with Gasteiger partial charge < -0.3 is 0 Å². The molecule has 0 unspecified atom stereocenters. The van der Waals surface area contributed by atoms with Gasteiger partial charge in [-0.15, -0.1) is 10.2 Å². The zero-order chi connectivity index (χ0) is 12.1. The molecule has 0 aliphatic carbocycles. The Morgan fingerprint density at radius 1 is 1.13 bits per heavy atom. The zero-order valence-electron chi connectivity index (χ0n) is 8.78. The third-order valence-electron chi connectivity index (χ3n) is 1.46.